The molecule has 1 heterocycles. The third-order valence-electron chi connectivity index (χ3n) is 3.42. The van der Waals surface area contributed by atoms with Gasteiger partial charge in [-0.2, -0.15) is 5.10 Å². The third-order valence-corrected chi connectivity index (χ3v) is 5.57. The van der Waals surface area contributed by atoms with Gasteiger partial charge in [-0.3, -0.25) is 4.68 Å². The Morgan fingerprint density at radius 3 is 2.56 bits per heavy atom. The van der Waals surface area contributed by atoms with Crippen molar-refractivity contribution in [1.29, 1.82) is 0 Å². The van der Waals surface area contributed by atoms with Crippen LogP contribution in [0.1, 0.15) is 38.9 Å². The number of hydrogen-bond donors (Lipinski definition) is 1. The number of aryl methyl sites for hydroxylation is 1. The van der Waals surface area contributed by atoms with Crippen molar-refractivity contribution in [2.45, 2.75) is 44.5 Å². The zero-order valence-corrected chi connectivity index (χ0v) is 12.6. The van der Waals surface area contributed by atoms with Gasteiger partial charge in [0.25, 0.3) is 0 Å². The Balaban J connectivity index is 3.22. The average molecular weight is 273 g/mol. The van der Waals surface area contributed by atoms with Crippen LogP contribution in [0.25, 0.3) is 0 Å². The molecule has 1 N–H and O–H groups in total. The zero-order chi connectivity index (χ0) is 14.0. The van der Waals surface area contributed by atoms with Crippen LogP contribution in [0.4, 0.5) is 0 Å². The number of aromatic nitrogens is 2. The summed E-state index contributed by atoms with van der Waals surface area (Å²) in [6, 6.07) is 1.60. The summed E-state index contributed by atoms with van der Waals surface area (Å²) in [6.07, 6.45) is 3.95. The number of nitrogens with zero attached hydrogens (tertiary/aromatic N) is 2. The maximum absolute atomic E-state index is 11.9. The van der Waals surface area contributed by atoms with Gasteiger partial charge in [-0.25, -0.2) is 8.42 Å². The molecule has 0 aromatic carbocycles. The summed E-state index contributed by atoms with van der Waals surface area (Å²) in [5, 5.41) is 7.36. The van der Waals surface area contributed by atoms with E-state index in [0.29, 0.717) is 0 Å². The first-order chi connectivity index (χ1) is 8.25. The van der Waals surface area contributed by atoms with E-state index in [9.17, 15) is 8.42 Å². The number of sulfone groups is 1. The minimum atomic E-state index is -3.18. The number of nitrogens with one attached hydrogen (secondary N) is 1. The van der Waals surface area contributed by atoms with Gasteiger partial charge in [0.05, 0.1) is 16.5 Å². The first-order valence-electron chi connectivity index (χ1n) is 6.14. The van der Waals surface area contributed by atoms with E-state index in [2.05, 4.69) is 17.3 Å². The first-order valence-corrected chi connectivity index (χ1v) is 8.03. The smallest absolute Gasteiger partial charge is 0.154 e. The van der Waals surface area contributed by atoms with E-state index in [1.807, 2.05) is 10.7 Å². The molecule has 1 aromatic heterocycles. The largest absolute Gasteiger partial charge is 0.310 e. The van der Waals surface area contributed by atoms with Crippen LogP contribution in [0.5, 0.6) is 0 Å². The summed E-state index contributed by atoms with van der Waals surface area (Å²) in [5.41, 5.74) is 0.912. The van der Waals surface area contributed by atoms with E-state index in [1.54, 1.807) is 27.1 Å². The van der Waals surface area contributed by atoms with Gasteiger partial charge in [0, 0.05) is 19.0 Å². The molecule has 5 nitrogen and oxygen atoms in total. The second-order valence-corrected chi connectivity index (χ2v) is 7.67. The molecular weight excluding hydrogens is 250 g/mol. The molecule has 0 aliphatic heterocycles. The summed E-state index contributed by atoms with van der Waals surface area (Å²) < 4.78 is 24.9. The molecule has 18 heavy (non-hydrogen) atoms. The molecule has 0 aliphatic rings. The molecule has 0 radical (unpaired) electrons. The molecule has 6 heteroatoms. The van der Waals surface area contributed by atoms with Gasteiger partial charge in [0.2, 0.25) is 0 Å². The highest BCUT2D eigenvalue weighted by molar-refractivity contribution is 7.92. The summed E-state index contributed by atoms with van der Waals surface area (Å²) in [4.78, 5) is 0. The van der Waals surface area contributed by atoms with E-state index in [-0.39, 0.29) is 6.04 Å². The summed E-state index contributed by atoms with van der Waals surface area (Å²) in [6.45, 7) is 6.35. The predicted octanol–water partition coefficient (Wildman–Crippen LogP) is 1.38. The topological polar surface area (TPSA) is 64.0 Å². The van der Waals surface area contributed by atoms with Gasteiger partial charge in [0.1, 0.15) is 0 Å². The molecular formula is C12H23N3O2S. The lowest BCUT2D eigenvalue weighted by Crippen LogP contribution is -2.44. The second kappa shape index (κ2) is 5.40. The predicted molar refractivity (Wildman–Crippen MR) is 73.2 cm³/mol. The maximum atomic E-state index is 11.9. The molecule has 0 fully saturated rings. The Labute approximate surface area is 109 Å². The summed E-state index contributed by atoms with van der Waals surface area (Å²) in [5.74, 6) is 0. The summed E-state index contributed by atoms with van der Waals surface area (Å²) in [7, 11) is -1.40. The quantitative estimate of drug-likeness (QED) is 0.850. The van der Waals surface area contributed by atoms with Crippen LogP contribution >= 0.6 is 0 Å². The van der Waals surface area contributed by atoms with Crippen LogP contribution < -0.4 is 5.32 Å². The lowest BCUT2D eigenvalue weighted by atomic mass is 10.00. The third kappa shape index (κ3) is 2.75. The zero-order valence-electron chi connectivity index (χ0n) is 11.8. The highest BCUT2D eigenvalue weighted by Crippen LogP contribution is 2.31. The Morgan fingerprint density at radius 2 is 2.11 bits per heavy atom. The lowest BCUT2D eigenvalue weighted by Gasteiger charge is -2.32. The molecule has 104 valence electrons. The van der Waals surface area contributed by atoms with Crippen LogP contribution in [-0.2, 0) is 16.4 Å². The highest BCUT2D eigenvalue weighted by Gasteiger charge is 2.40. The van der Waals surface area contributed by atoms with Gasteiger partial charge >= 0.3 is 0 Å². The molecule has 0 saturated heterocycles. The van der Waals surface area contributed by atoms with Crippen LogP contribution in [-0.4, -0.2) is 36.2 Å². The Hall–Kier alpha value is -0.880. The molecule has 0 amide bonds. The molecule has 1 aromatic rings. The van der Waals surface area contributed by atoms with E-state index >= 15 is 0 Å². The van der Waals surface area contributed by atoms with Gasteiger partial charge in [0.15, 0.2) is 9.84 Å². The van der Waals surface area contributed by atoms with Crippen molar-refractivity contribution in [3.8, 4) is 0 Å². The maximum Gasteiger partial charge on any atom is 0.154 e. The van der Waals surface area contributed by atoms with E-state index in [4.69, 9.17) is 0 Å². The van der Waals surface area contributed by atoms with Crippen molar-refractivity contribution >= 4 is 9.84 Å². The lowest BCUT2D eigenvalue weighted by molar-refractivity contribution is 0.412. The van der Waals surface area contributed by atoms with Crippen molar-refractivity contribution in [3.05, 3.63) is 18.0 Å². The van der Waals surface area contributed by atoms with Crippen LogP contribution in [0.15, 0.2) is 12.3 Å². The van der Waals surface area contributed by atoms with Crippen molar-refractivity contribution < 1.29 is 8.42 Å². The molecule has 1 unspecified atom stereocenters. The SMILES string of the molecule is CCCn1nccc1C(NC)C(C)(C)S(C)(=O)=O. The Morgan fingerprint density at radius 1 is 1.50 bits per heavy atom. The first kappa shape index (κ1) is 15.2. The second-order valence-electron chi connectivity index (χ2n) is 5.08. The van der Waals surface area contributed by atoms with Crippen LogP contribution in [0, 0.1) is 0 Å². The van der Waals surface area contributed by atoms with E-state index in [1.165, 1.54) is 6.26 Å². The van der Waals surface area contributed by atoms with E-state index < -0.39 is 14.6 Å². The number of hydrogen-bond acceptors (Lipinski definition) is 4. The normalized spacial score (nSPS) is 14.7. The molecule has 1 rings (SSSR count). The Kier molecular flexibility index (Phi) is 4.55. The van der Waals surface area contributed by atoms with Gasteiger partial charge < -0.3 is 5.32 Å². The molecule has 0 spiro atoms. The standard InChI is InChI=1S/C12H23N3O2S/c1-6-9-15-10(7-8-14-15)11(13-4)12(2,3)18(5,16)17/h7-8,11,13H,6,9H2,1-5H3. The molecule has 0 bridgehead atoms. The average Bonchev–Trinajstić information content (AvgIpc) is 2.66. The van der Waals surface area contributed by atoms with Crippen molar-refractivity contribution in [3.63, 3.8) is 0 Å². The fraction of sp³-hybridized carbons (Fsp3) is 0.750. The van der Waals surface area contributed by atoms with Crippen molar-refractivity contribution in [2.24, 2.45) is 0 Å². The number of rotatable bonds is 6. The minimum Gasteiger partial charge on any atom is -0.310 e. The van der Waals surface area contributed by atoms with Crippen molar-refractivity contribution in [2.75, 3.05) is 13.3 Å². The molecule has 1 atom stereocenters. The van der Waals surface area contributed by atoms with Crippen molar-refractivity contribution in [1.82, 2.24) is 15.1 Å². The van der Waals surface area contributed by atoms with Crippen LogP contribution in [0.2, 0.25) is 0 Å². The monoisotopic (exact) mass is 273 g/mol. The van der Waals surface area contributed by atoms with Gasteiger partial charge in [-0.1, -0.05) is 6.92 Å². The van der Waals surface area contributed by atoms with E-state index in [0.717, 1.165) is 18.7 Å². The fourth-order valence-electron chi connectivity index (χ4n) is 2.05. The van der Waals surface area contributed by atoms with Gasteiger partial charge in [-0.15, -0.1) is 0 Å². The Bertz CT molecular complexity index is 491. The summed E-state index contributed by atoms with van der Waals surface area (Å²) >= 11 is 0. The van der Waals surface area contributed by atoms with Crippen LogP contribution in [0.3, 0.4) is 0 Å². The fourth-order valence-corrected chi connectivity index (χ4v) is 2.72. The molecule has 0 aliphatic carbocycles. The highest BCUT2D eigenvalue weighted by atomic mass is 32.2. The van der Waals surface area contributed by atoms with Gasteiger partial charge in [-0.05, 0) is 33.4 Å². The molecule has 0 saturated carbocycles. The minimum absolute atomic E-state index is 0.276.